The van der Waals surface area contributed by atoms with Crippen LogP contribution in [-0.4, -0.2) is 18.5 Å². The van der Waals surface area contributed by atoms with Gasteiger partial charge in [0, 0.05) is 22.6 Å². The van der Waals surface area contributed by atoms with Crippen molar-refractivity contribution in [1.29, 1.82) is 0 Å². The molecule has 0 spiro atoms. The zero-order valence-electron chi connectivity index (χ0n) is 9.55. The van der Waals surface area contributed by atoms with Crippen LogP contribution in [0.5, 0.6) is 0 Å². The molecule has 1 aromatic rings. The van der Waals surface area contributed by atoms with Crippen molar-refractivity contribution in [3.63, 3.8) is 0 Å². The molecule has 0 N–H and O–H groups in total. The maximum atomic E-state index is 6.20. The molecule has 0 aliphatic heterocycles. The van der Waals surface area contributed by atoms with Crippen LogP contribution in [-0.2, 0) is 6.54 Å². The van der Waals surface area contributed by atoms with Crippen molar-refractivity contribution in [1.82, 2.24) is 4.90 Å². The van der Waals surface area contributed by atoms with E-state index in [0.717, 1.165) is 22.0 Å². The predicted molar refractivity (Wildman–Crippen MR) is 72.8 cm³/mol. The smallest absolute Gasteiger partial charge is 0.0462 e. The van der Waals surface area contributed by atoms with Gasteiger partial charge in [0.2, 0.25) is 0 Å². The largest absolute Gasteiger partial charge is 0.302 e. The van der Waals surface area contributed by atoms with Gasteiger partial charge in [0.25, 0.3) is 0 Å². The van der Waals surface area contributed by atoms with E-state index in [0.29, 0.717) is 0 Å². The Morgan fingerprint density at radius 1 is 1.44 bits per heavy atom. The first kappa shape index (κ1) is 12.4. The fourth-order valence-electron chi connectivity index (χ4n) is 2.12. The molecule has 0 bridgehead atoms. The van der Waals surface area contributed by atoms with Gasteiger partial charge in [-0.25, -0.2) is 0 Å². The van der Waals surface area contributed by atoms with Gasteiger partial charge in [-0.15, -0.1) is 0 Å². The Labute approximate surface area is 111 Å². The van der Waals surface area contributed by atoms with Gasteiger partial charge in [0.15, 0.2) is 0 Å². The lowest BCUT2D eigenvalue weighted by Crippen LogP contribution is -2.29. The van der Waals surface area contributed by atoms with Gasteiger partial charge in [-0.3, -0.25) is 0 Å². The Kier molecular flexibility index (Phi) is 4.28. The molecule has 0 radical (unpaired) electrons. The second-order valence-electron chi connectivity index (χ2n) is 4.73. The lowest BCUT2D eigenvalue weighted by Gasteiger charge is -2.30. The number of halogens is 2. The molecule has 1 saturated carbocycles. The summed E-state index contributed by atoms with van der Waals surface area (Å²) < 4.78 is 1.04. The summed E-state index contributed by atoms with van der Waals surface area (Å²) in [5.41, 5.74) is 1.21. The fraction of sp³-hybridized carbons (Fsp3) is 0.538. The minimum atomic E-state index is 0.856. The molecule has 16 heavy (non-hydrogen) atoms. The van der Waals surface area contributed by atoms with E-state index >= 15 is 0 Å². The quantitative estimate of drug-likeness (QED) is 0.800. The molecule has 1 aliphatic rings. The highest BCUT2D eigenvalue weighted by Crippen LogP contribution is 2.28. The normalized spacial score (nSPS) is 16.5. The second-order valence-corrected chi connectivity index (χ2v) is 6.05. The van der Waals surface area contributed by atoms with Crippen LogP contribution in [0.1, 0.15) is 24.8 Å². The van der Waals surface area contributed by atoms with Crippen LogP contribution in [0.25, 0.3) is 0 Å². The highest BCUT2D eigenvalue weighted by Gasteiger charge is 2.19. The number of rotatable bonds is 4. The van der Waals surface area contributed by atoms with Crippen LogP contribution in [0.3, 0.4) is 0 Å². The van der Waals surface area contributed by atoms with Gasteiger partial charge in [0.1, 0.15) is 0 Å². The van der Waals surface area contributed by atoms with Gasteiger partial charge in [-0.1, -0.05) is 40.0 Å². The summed E-state index contributed by atoms with van der Waals surface area (Å²) in [5.74, 6) is 0.916. The van der Waals surface area contributed by atoms with Crippen LogP contribution < -0.4 is 0 Å². The zero-order valence-corrected chi connectivity index (χ0v) is 11.9. The van der Waals surface area contributed by atoms with Crippen LogP contribution >= 0.6 is 27.5 Å². The SMILES string of the molecule is CN(Cc1ccc(Br)cc1Cl)CC1CCC1. The minimum Gasteiger partial charge on any atom is -0.302 e. The molecule has 1 aromatic carbocycles. The molecule has 1 aliphatic carbocycles. The summed E-state index contributed by atoms with van der Waals surface area (Å²) in [6, 6.07) is 6.12. The first-order valence-corrected chi connectivity index (χ1v) is 6.94. The van der Waals surface area contributed by atoms with Gasteiger partial charge in [0.05, 0.1) is 0 Å². The monoisotopic (exact) mass is 301 g/mol. The summed E-state index contributed by atoms with van der Waals surface area (Å²) in [6.45, 7) is 2.15. The summed E-state index contributed by atoms with van der Waals surface area (Å²) in [4.78, 5) is 2.37. The lowest BCUT2D eigenvalue weighted by atomic mass is 9.85. The Morgan fingerprint density at radius 3 is 2.75 bits per heavy atom. The van der Waals surface area contributed by atoms with Crippen LogP contribution in [0.2, 0.25) is 5.02 Å². The third kappa shape index (κ3) is 3.22. The van der Waals surface area contributed by atoms with E-state index < -0.39 is 0 Å². The number of nitrogens with zero attached hydrogens (tertiary/aromatic N) is 1. The lowest BCUT2D eigenvalue weighted by molar-refractivity contribution is 0.200. The van der Waals surface area contributed by atoms with Crippen LogP contribution in [0, 0.1) is 5.92 Å². The highest BCUT2D eigenvalue weighted by molar-refractivity contribution is 9.10. The second kappa shape index (κ2) is 5.52. The Balaban J connectivity index is 1.91. The minimum absolute atomic E-state index is 0.856. The van der Waals surface area contributed by atoms with Gasteiger partial charge >= 0.3 is 0 Å². The number of hydrogen-bond acceptors (Lipinski definition) is 1. The number of benzene rings is 1. The van der Waals surface area contributed by atoms with E-state index in [1.165, 1.54) is 31.4 Å². The molecule has 1 fully saturated rings. The molecule has 1 nitrogen and oxygen atoms in total. The Morgan fingerprint density at radius 2 is 2.19 bits per heavy atom. The molecule has 88 valence electrons. The van der Waals surface area contributed by atoms with E-state index in [1.807, 2.05) is 6.07 Å². The summed E-state index contributed by atoms with van der Waals surface area (Å²) in [5, 5.41) is 0.856. The van der Waals surface area contributed by atoms with Crippen molar-refractivity contribution in [3.05, 3.63) is 33.3 Å². The van der Waals surface area contributed by atoms with E-state index in [9.17, 15) is 0 Å². The third-order valence-corrected chi connectivity index (χ3v) is 4.10. The standard InChI is InChI=1S/C13H17BrClN/c1-16(8-10-3-2-4-10)9-11-5-6-12(14)7-13(11)15/h5-7,10H,2-4,8-9H2,1H3. The Bertz CT molecular complexity index is 363. The van der Waals surface area contributed by atoms with Gasteiger partial charge in [-0.05, 0) is 43.5 Å². The molecule has 0 unspecified atom stereocenters. The summed E-state index contributed by atoms with van der Waals surface area (Å²) in [7, 11) is 2.18. The molecular weight excluding hydrogens is 286 g/mol. The molecule has 0 atom stereocenters. The maximum Gasteiger partial charge on any atom is 0.0462 e. The van der Waals surface area contributed by atoms with Crippen molar-refractivity contribution < 1.29 is 0 Å². The average molecular weight is 303 g/mol. The van der Waals surface area contributed by atoms with Crippen molar-refractivity contribution in [2.75, 3.05) is 13.6 Å². The summed E-state index contributed by atoms with van der Waals surface area (Å²) >= 11 is 9.63. The molecule has 0 saturated heterocycles. The molecule has 0 heterocycles. The number of hydrogen-bond donors (Lipinski definition) is 0. The van der Waals surface area contributed by atoms with E-state index in [4.69, 9.17) is 11.6 Å². The first-order valence-electron chi connectivity index (χ1n) is 5.77. The summed E-state index contributed by atoms with van der Waals surface area (Å²) in [6.07, 6.45) is 4.22. The van der Waals surface area contributed by atoms with Crippen molar-refractivity contribution in [2.45, 2.75) is 25.8 Å². The van der Waals surface area contributed by atoms with E-state index in [1.54, 1.807) is 0 Å². The zero-order chi connectivity index (χ0) is 11.5. The fourth-order valence-corrected chi connectivity index (χ4v) is 2.85. The van der Waals surface area contributed by atoms with E-state index in [-0.39, 0.29) is 0 Å². The third-order valence-electron chi connectivity index (χ3n) is 3.25. The molecule has 3 heteroatoms. The maximum absolute atomic E-state index is 6.20. The van der Waals surface area contributed by atoms with Crippen molar-refractivity contribution in [3.8, 4) is 0 Å². The molecule has 0 amide bonds. The first-order chi connectivity index (χ1) is 7.65. The average Bonchev–Trinajstić information content (AvgIpc) is 2.16. The topological polar surface area (TPSA) is 3.24 Å². The molecule has 2 rings (SSSR count). The molecule has 0 aromatic heterocycles. The highest BCUT2D eigenvalue weighted by atomic mass is 79.9. The Hall–Kier alpha value is -0.0500. The van der Waals surface area contributed by atoms with Crippen LogP contribution in [0.15, 0.2) is 22.7 Å². The molecular formula is C13H17BrClN. The van der Waals surface area contributed by atoms with Crippen molar-refractivity contribution in [2.24, 2.45) is 5.92 Å². The predicted octanol–water partition coefficient (Wildman–Crippen LogP) is 4.33. The van der Waals surface area contributed by atoms with E-state index in [2.05, 4.69) is 40.0 Å². The van der Waals surface area contributed by atoms with Crippen LogP contribution in [0.4, 0.5) is 0 Å². The van der Waals surface area contributed by atoms with Gasteiger partial charge < -0.3 is 4.90 Å². The van der Waals surface area contributed by atoms with Crippen molar-refractivity contribution >= 4 is 27.5 Å². The van der Waals surface area contributed by atoms with Gasteiger partial charge in [-0.2, -0.15) is 0 Å².